The van der Waals surface area contributed by atoms with Crippen LogP contribution in [0.2, 0.25) is 5.02 Å². The first-order valence-electron chi connectivity index (χ1n) is 4.80. The minimum atomic E-state index is -0.892. The topological polar surface area (TPSA) is 40.5 Å². The minimum absolute atomic E-state index is 0.110. The first-order valence-corrected chi connectivity index (χ1v) is 5.18. The van der Waals surface area contributed by atoms with E-state index >= 15 is 0 Å². The highest BCUT2D eigenvalue weighted by atomic mass is 35.5. The molecule has 0 saturated carbocycles. The van der Waals surface area contributed by atoms with Crippen molar-refractivity contribution in [3.8, 4) is 0 Å². The van der Waals surface area contributed by atoms with E-state index in [1.165, 1.54) is 0 Å². The Kier molecular flexibility index (Phi) is 2.67. The lowest BCUT2D eigenvalue weighted by Gasteiger charge is -2.20. The van der Waals surface area contributed by atoms with Crippen molar-refractivity contribution in [3.05, 3.63) is 34.9 Å². The third kappa shape index (κ3) is 1.73. The smallest absolute Gasteiger partial charge is 0.251 e. The molecule has 2 rings (SSSR count). The molecule has 1 N–H and O–H groups in total. The van der Waals surface area contributed by atoms with Gasteiger partial charge in [-0.3, -0.25) is 4.79 Å². The zero-order valence-electron chi connectivity index (χ0n) is 8.35. The quantitative estimate of drug-likeness (QED) is 0.789. The number of carbonyl (C=O) groups excluding carboxylic acids is 1. The molecule has 1 aliphatic heterocycles. The molecule has 3 nitrogen and oxygen atoms in total. The minimum Gasteiger partial charge on any atom is -0.383 e. The second-order valence-corrected chi connectivity index (χ2v) is 4.15. The van der Waals surface area contributed by atoms with Crippen LogP contribution >= 0.6 is 11.6 Å². The molecule has 1 fully saturated rings. The highest BCUT2D eigenvalue weighted by molar-refractivity contribution is 6.31. The van der Waals surface area contributed by atoms with Gasteiger partial charge in [0.2, 0.25) is 0 Å². The second kappa shape index (κ2) is 3.83. The van der Waals surface area contributed by atoms with Crippen molar-refractivity contribution in [3.63, 3.8) is 0 Å². The lowest BCUT2D eigenvalue weighted by molar-refractivity contribution is -0.134. The Bertz CT molecular complexity index is 394. The molecule has 0 aliphatic carbocycles. The lowest BCUT2D eigenvalue weighted by Crippen LogP contribution is -2.26. The fourth-order valence-corrected chi connectivity index (χ4v) is 2.20. The van der Waals surface area contributed by atoms with Crippen LogP contribution in [-0.4, -0.2) is 29.1 Å². The van der Waals surface area contributed by atoms with Gasteiger partial charge in [-0.15, -0.1) is 0 Å². The summed E-state index contributed by atoms with van der Waals surface area (Å²) in [6, 6.07) is 7.29. The third-order valence-electron chi connectivity index (χ3n) is 2.81. The number of rotatable bonds is 1. The molecule has 2 atom stereocenters. The lowest BCUT2D eigenvalue weighted by atomic mass is 10.0. The van der Waals surface area contributed by atoms with E-state index in [-0.39, 0.29) is 11.9 Å². The van der Waals surface area contributed by atoms with Gasteiger partial charge in [0.15, 0.2) is 0 Å². The number of likely N-dealkylation sites (N-methyl/N-ethyl adjacent to an activating group) is 1. The largest absolute Gasteiger partial charge is 0.383 e. The molecular weight excluding hydrogens is 214 g/mol. The van der Waals surface area contributed by atoms with Crippen LogP contribution in [0, 0.1) is 0 Å². The molecule has 0 unspecified atom stereocenters. The van der Waals surface area contributed by atoms with E-state index in [4.69, 9.17) is 11.6 Å². The van der Waals surface area contributed by atoms with Crippen LogP contribution in [0.3, 0.4) is 0 Å². The van der Waals surface area contributed by atoms with Gasteiger partial charge in [-0.25, -0.2) is 0 Å². The number of carbonyl (C=O) groups is 1. The monoisotopic (exact) mass is 225 g/mol. The fourth-order valence-electron chi connectivity index (χ4n) is 1.94. The maximum absolute atomic E-state index is 11.4. The number of hydrogen-bond donors (Lipinski definition) is 1. The van der Waals surface area contributed by atoms with E-state index in [0.29, 0.717) is 11.4 Å². The predicted octanol–water partition coefficient (Wildman–Crippen LogP) is 1.60. The number of benzene rings is 1. The summed E-state index contributed by atoms with van der Waals surface area (Å²) in [5.74, 6) is -0.236. The summed E-state index contributed by atoms with van der Waals surface area (Å²) < 4.78 is 0. The van der Waals surface area contributed by atoms with Crippen LogP contribution in [0.4, 0.5) is 0 Å². The summed E-state index contributed by atoms with van der Waals surface area (Å²) in [5.41, 5.74) is 0.895. The van der Waals surface area contributed by atoms with Crippen LogP contribution in [0.25, 0.3) is 0 Å². The molecule has 1 saturated heterocycles. The Balaban J connectivity index is 2.34. The standard InChI is InChI=1S/C11H12ClNO2/c1-13-9(6-10(14)11(13)15)7-4-2-3-5-8(7)12/h2-5,9-10,14H,6H2,1H3/t9-,10+/m0/s1. The van der Waals surface area contributed by atoms with Crippen LogP contribution < -0.4 is 0 Å². The average Bonchev–Trinajstić information content (AvgIpc) is 2.47. The zero-order chi connectivity index (χ0) is 11.0. The van der Waals surface area contributed by atoms with Crippen molar-refractivity contribution in [2.24, 2.45) is 0 Å². The van der Waals surface area contributed by atoms with Crippen LogP contribution in [0.5, 0.6) is 0 Å². The van der Waals surface area contributed by atoms with Crippen LogP contribution in [-0.2, 0) is 4.79 Å². The van der Waals surface area contributed by atoms with Crippen LogP contribution in [0.15, 0.2) is 24.3 Å². The fraction of sp³-hybridized carbons (Fsp3) is 0.364. The number of aliphatic hydroxyl groups excluding tert-OH is 1. The summed E-state index contributed by atoms with van der Waals surface area (Å²) in [7, 11) is 1.69. The van der Waals surface area contributed by atoms with Crippen molar-refractivity contribution in [2.75, 3.05) is 7.05 Å². The van der Waals surface area contributed by atoms with Gasteiger partial charge >= 0.3 is 0 Å². The average molecular weight is 226 g/mol. The Morgan fingerprint density at radius 1 is 1.47 bits per heavy atom. The SMILES string of the molecule is CN1C(=O)[C@H](O)C[C@H]1c1ccccc1Cl. The number of hydrogen-bond acceptors (Lipinski definition) is 2. The van der Waals surface area contributed by atoms with Gasteiger partial charge in [0.25, 0.3) is 5.91 Å². The highest BCUT2D eigenvalue weighted by Gasteiger charge is 2.37. The molecule has 1 aliphatic rings. The number of nitrogens with zero attached hydrogens (tertiary/aromatic N) is 1. The third-order valence-corrected chi connectivity index (χ3v) is 3.16. The van der Waals surface area contributed by atoms with Crippen molar-refractivity contribution in [1.29, 1.82) is 0 Å². The first kappa shape index (κ1) is 10.5. The predicted molar refractivity (Wildman–Crippen MR) is 57.6 cm³/mol. The number of halogens is 1. The van der Waals surface area contributed by atoms with E-state index in [9.17, 15) is 9.90 Å². The van der Waals surface area contributed by atoms with Gasteiger partial charge in [0, 0.05) is 18.5 Å². The van der Waals surface area contributed by atoms with Gasteiger partial charge in [-0.1, -0.05) is 29.8 Å². The Hall–Kier alpha value is -1.06. The molecule has 0 spiro atoms. The van der Waals surface area contributed by atoms with Gasteiger partial charge in [0.1, 0.15) is 6.10 Å². The molecule has 1 aromatic carbocycles. The van der Waals surface area contributed by atoms with Gasteiger partial charge in [-0.05, 0) is 11.6 Å². The van der Waals surface area contributed by atoms with E-state index < -0.39 is 6.10 Å². The summed E-state index contributed by atoms with van der Waals surface area (Å²) >= 11 is 6.05. The molecule has 0 radical (unpaired) electrons. The Morgan fingerprint density at radius 3 is 2.67 bits per heavy atom. The molecule has 1 amide bonds. The summed E-state index contributed by atoms with van der Waals surface area (Å²) in [4.78, 5) is 13.0. The number of aliphatic hydroxyl groups is 1. The molecule has 1 aromatic rings. The van der Waals surface area contributed by atoms with Crippen molar-refractivity contribution in [1.82, 2.24) is 4.90 Å². The van der Waals surface area contributed by atoms with Crippen molar-refractivity contribution in [2.45, 2.75) is 18.6 Å². The first-order chi connectivity index (χ1) is 7.11. The van der Waals surface area contributed by atoms with Gasteiger partial charge in [-0.2, -0.15) is 0 Å². The molecule has 1 heterocycles. The maximum atomic E-state index is 11.4. The molecular formula is C11H12ClNO2. The molecule has 0 aromatic heterocycles. The highest BCUT2D eigenvalue weighted by Crippen LogP contribution is 2.35. The van der Waals surface area contributed by atoms with E-state index in [0.717, 1.165) is 5.56 Å². The van der Waals surface area contributed by atoms with Gasteiger partial charge in [0.05, 0.1) is 6.04 Å². The van der Waals surface area contributed by atoms with E-state index in [1.54, 1.807) is 18.0 Å². The summed E-state index contributed by atoms with van der Waals surface area (Å²) in [6.45, 7) is 0. The van der Waals surface area contributed by atoms with E-state index in [2.05, 4.69) is 0 Å². The van der Waals surface area contributed by atoms with Crippen LogP contribution in [0.1, 0.15) is 18.0 Å². The zero-order valence-corrected chi connectivity index (χ0v) is 9.11. The second-order valence-electron chi connectivity index (χ2n) is 3.74. The Morgan fingerprint density at radius 2 is 2.13 bits per heavy atom. The Labute approximate surface area is 93.3 Å². The number of likely N-dealkylation sites (tertiary alicyclic amines) is 1. The number of amides is 1. The molecule has 4 heteroatoms. The van der Waals surface area contributed by atoms with E-state index in [1.807, 2.05) is 18.2 Å². The molecule has 0 bridgehead atoms. The van der Waals surface area contributed by atoms with Crippen molar-refractivity contribution >= 4 is 17.5 Å². The summed E-state index contributed by atoms with van der Waals surface area (Å²) in [6.07, 6.45) is -0.477. The molecule has 80 valence electrons. The summed E-state index contributed by atoms with van der Waals surface area (Å²) in [5, 5.41) is 10.1. The maximum Gasteiger partial charge on any atom is 0.251 e. The van der Waals surface area contributed by atoms with Crippen molar-refractivity contribution < 1.29 is 9.90 Å². The normalized spacial score (nSPS) is 26.1. The molecule has 15 heavy (non-hydrogen) atoms. The van der Waals surface area contributed by atoms with Gasteiger partial charge < -0.3 is 10.0 Å².